The van der Waals surface area contributed by atoms with Crippen molar-refractivity contribution in [3.63, 3.8) is 0 Å². The van der Waals surface area contributed by atoms with Gasteiger partial charge in [0.1, 0.15) is 6.04 Å². The van der Waals surface area contributed by atoms with Crippen LogP contribution in [0.25, 0.3) is 0 Å². The van der Waals surface area contributed by atoms with Gasteiger partial charge in [-0.25, -0.2) is 9.59 Å². The van der Waals surface area contributed by atoms with E-state index in [1.807, 2.05) is 6.92 Å². The second-order valence-corrected chi connectivity index (χ2v) is 4.44. The molecule has 0 unspecified atom stereocenters. The van der Waals surface area contributed by atoms with Crippen molar-refractivity contribution in [1.82, 2.24) is 10.6 Å². The number of nitrogens with one attached hydrogen (secondary N) is 2. The van der Waals surface area contributed by atoms with E-state index in [-0.39, 0.29) is 0 Å². The lowest BCUT2D eigenvalue weighted by Gasteiger charge is -2.14. The van der Waals surface area contributed by atoms with E-state index in [4.69, 9.17) is 11.5 Å². The van der Waals surface area contributed by atoms with Crippen LogP contribution in [-0.4, -0.2) is 41.2 Å². The molecular weight excluding hydrogens is 240 g/mol. The van der Waals surface area contributed by atoms with E-state index >= 15 is 0 Å². The Morgan fingerprint density at radius 3 is 2.76 bits per heavy atom. The van der Waals surface area contributed by atoms with Crippen LogP contribution < -0.4 is 10.6 Å². The summed E-state index contributed by atoms with van der Waals surface area (Å²) in [4.78, 5) is 22.1. The minimum absolute atomic E-state index is 0.425. The number of carbonyl (C=O) groups excluding carboxylic acids is 1. The zero-order chi connectivity index (χ0) is 13.1. The number of hydrogen-bond donors (Lipinski definition) is 3. The molecule has 0 bridgehead atoms. The van der Waals surface area contributed by atoms with Gasteiger partial charge in [-0.3, -0.25) is 0 Å². The Kier molecular flexibility index (Phi) is 9.06. The second kappa shape index (κ2) is 9.85. The van der Waals surface area contributed by atoms with Gasteiger partial charge in [0.25, 0.3) is 0 Å². The lowest BCUT2D eigenvalue weighted by molar-refractivity contribution is -0.139. The molecular formula is C11H18N2O3S. The summed E-state index contributed by atoms with van der Waals surface area (Å²) in [5, 5.41) is 13.8. The molecule has 0 rings (SSSR count). The molecule has 2 amide bonds. The zero-order valence-corrected chi connectivity index (χ0v) is 10.7. The highest BCUT2D eigenvalue weighted by Gasteiger charge is 2.17. The fourth-order valence-corrected chi connectivity index (χ4v) is 1.63. The molecule has 0 aliphatic rings. The van der Waals surface area contributed by atoms with Gasteiger partial charge < -0.3 is 15.7 Å². The summed E-state index contributed by atoms with van der Waals surface area (Å²) in [6.07, 6.45) is 6.20. The third-order valence-corrected chi connectivity index (χ3v) is 2.76. The third kappa shape index (κ3) is 8.46. The topological polar surface area (TPSA) is 78.4 Å². The molecule has 96 valence electrons. The lowest BCUT2D eigenvalue weighted by atomic mass is 10.2. The van der Waals surface area contributed by atoms with Gasteiger partial charge in [-0.15, -0.1) is 18.2 Å². The predicted molar refractivity (Wildman–Crippen MR) is 69.0 cm³/mol. The number of carbonyl (C=O) groups is 2. The Morgan fingerprint density at radius 2 is 2.24 bits per heavy atom. The van der Waals surface area contributed by atoms with Crippen LogP contribution in [0.15, 0.2) is 0 Å². The zero-order valence-electron chi connectivity index (χ0n) is 9.86. The van der Waals surface area contributed by atoms with E-state index in [1.165, 1.54) is 11.8 Å². The highest BCUT2D eigenvalue weighted by molar-refractivity contribution is 7.99. The van der Waals surface area contributed by atoms with Gasteiger partial charge in [-0.2, -0.15) is 0 Å². The molecule has 17 heavy (non-hydrogen) atoms. The third-order valence-electron chi connectivity index (χ3n) is 1.90. The Labute approximate surface area is 106 Å². The second-order valence-electron chi connectivity index (χ2n) is 3.34. The van der Waals surface area contributed by atoms with Gasteiger partial charge in [-0.05, 0) is 6.42 Å². The van der Waals surface area contributed by atoms with Crippen molar-refractivity contribution in [2.75, 3.05) is 18.1 Å². The fraction of sp³-hybridized carbons (Fsp3) is 0.636. The first kappa shape index (κ1) is 15.7. The molecule has 5 nitrogen and oxygen atoms in total. The van der Waals surface area contributed by atoms with Crippen molar-refractivity contribution in [1.29, 1.82) is 0 Å². The Morgan fingerprint density at radius 1 is 1.53 bits per heavy atom. The molecule has 0 aliphatic carbocycles. The number of thioether (sulfide) groups is 1. The van der Waals surface area contributed by atoms with Crippen LogP contribution in [-0.2, 0) is 4.79 Å². The van der Waals surface area contributed by atoms with Gasteiger partial charge in [0, 0.05) is 12.3 Å². The molecule has 0 aromatic carbocycles. The van der Waals surface area contributed by atoms with Crippen molar-refractivity contribution < 1.29 is 14.7 Å². The molecule has 0 radical (unpaired) electrons. The average molecular weight is 258 g/mol. The number of carboxylic acids is 1. The molecule has 1 atom stereocenters. The van der Waals surface area contributed by atoms with Crippen molar-refractivity contribution in [2.24, 2.45) is 0 Å². The molecule has 6 heteroatoms. The van der Waals surface area contributed by atoms with Crippen LogP contribution in [0.2, 0.25) is 0 Å². The highest BCUT2D eigenvalue weighted by Crippen LogP contribution is 1.97. The molecule has 0 aliphatic heterocycles. The standard InChI is InChI=1S/C11H18N2O3S/c1-3-5-9(10(14)15)13-11(16)12-6-8-17-7-4-2/h2,9H,3,5-8H2,1H3,(H,14,15)(H2,12,13,16)/t9-/m0/s1. The Bertz CT molecular complexity index is 289. The van der Waals surface area contributed by atoms with Crippen LogP contribution in [0.3, 0.4) is 0 Å². The maximum atomic E-state index is 11.3. The van der Waals surface area contributed by atoms with Crippen molar-refractivity contribution >= 4 is 23.8 Å². The van der Waals surface area contributed by atoms with Crippen LogP contribution in [0, 0.1) is 12.3 Å². The van der Waals surface area contributed by atoms with E-state index in [2.05, 4.69) is 16.6 Å². The minimum atomic E-state index is -1.01. The van der Waals surface area contributed by atoms with E-state index in [0.29, 0.717) is 30.9 Å². The molecule has 0 heterocycles. The maximum Gasteiger partial charge on any atom is 0.326 e. The number of urea groups is 1. The molecule has 0 saturated heterocycles. The van der Waals surface area contributed by atoms with Crippen molar-refractivity contribution in [3.8, 4) is 12.3 Å². The smallest absolute Gasteiger partial charge is 0.326 e. The summed E-state index contributed by atoms with van der Waals surface area (Å²) in [5.74, 6) is 2.79. The molecule has 0 aromatic heterocycles. The average Bonchev–Trinajstić information content (AvgIpc) is 2.28. The van der Waals surface area contributed by atoms with Crippen LogP contribution in [0.1, 0.15) is 19.8 Å². The van der Waals surface area contributed by atoms with Crippen LogP contribution >= 0.6 is 11.8 Å². The number of amides is 2. The first-order valence-corrected chi connectivity index (χ1v) is 6.55. The fourth-order valence-electron chi connectivity index (χ4n) is 1.12. The van der Waals surface area contributed by atoms with Gasteiger partial charge in [-0.1, -0.05) is 19.3 Å². The minimum Gasteiger partial charge on any atom is -0.480 e. The van der Waals surface area contributed by atoms with E-state index < -0.39 is 18.0 Å². The number of carboxylic acid groups (broad SMARTS) is 1. The number of aliphatic carboxylic acids is 1. The van der Waals surface area contributed by atoms with Gasteiger partial charge in [0.05, 0.1) is 5.75 Å². The SMILES string of the molecule is C#CCSCCNC(=O)N[C@@H](CCC)C(=O)O. The number of terminal acetylenes is 1. The Hall–Kier alpha value is -1.35. The quantitative estimate of drug-likeness (QED) is 0.446. The molecule has 0 saturated carbocycles. The normalized spacial score (nSPS) is 11.3. The van der Waals surface area contributed by atoms with Gasteiger partial charge >= 0.3 is 12.0 Å². The summed E-state index contributed by atoms with van der Waals surface area (Å²) in [6, 6.07) is -1.27. The monoisotopic (exact) mass is 258 g/mol. The molecule has 3 N–H and O–H groups in total. The van der Waals surface area contributed by atoms with Gasteiger partial charge in [0.2, 0.25) is 0 Å². The lowest BCUT2D eigenvalue weighted by Crippen LogP contribution is -2.46. The summed E-state index contributed by atoms with van der Waals surface area (Å²) >= 11 is 1.54. The maximum absolute atomic E-state index is 11.3. The van der Waals surface area contributed by atoms with Crippen molar-refractivity contribution in [3.05, 3.63) is 0 Å². The van der Waals surface area contributed by atoms with Crippen LogP contribution in [0.5, 0.6) is 0 Å². The van der Waals surface area contributed by atoms with Gasteiger partial charge in [0.15, 0.2) is 0 Å². The molecule has 0 spiro atoms. The first-order valence-electron chi connectivity index (χ1n) is 5.40. The van der Waals surface area contributed by atoms with Crippen molar-refractivity contribution in [2.45, 2.75) is 25.8 Å². The summed E-state index contributed by atoms with van der Waals surface area (Å²) in [5.41, 5.74) is 0. The number of rotatable bonds is 8. The van der Waals surface area contributed by atoms with E-state index in [9.17, 15) is 9.59 Å². The van der Waals surface area contributed by atoms with E-state index in [1.54, 1.807) is 0 Å². The largest absolute Gasteiger partial charge is 0.480 e. The van der Waals surface area contributed by atoms with E-state index in [0.717, 1.165) is 0 Å². The summed E-state index contributed by atoms with van der Waals surface area (Å²) in [6.45, 7) is 2.34. The Balaban J connectivity index is 3.75. The predicted octanol–water partition coefficient (Wildman–Crippen LogP) is 0.905. The summed E-state index contributed by atoms with van der Waals surface area (Å²) < 4.78 is 0. The molecule has 0 aromatic rings. The number of hydrogen-bond acceptors (Lipinski definition) is 3. The summed E-state index contributed by atoms with van der Waals surface area (Å²) in [7, 11) is 0. The first-order chi connectivity index (χ1) is 8.11. The highest BCUT2D eigenvalue weighted by atomic mass is 32.2. The molecule has 0 fully saturated rings. The van der Waals surface area contributed by atoms with Crippen LogP contribution in [0.4, 0.5) is 4.79 Å².